The fourth-order valence-electron chi connectivity index (χ4n) is 2.38. The molecule has 3 heteroatoms. The van der Waals surface area contributed by atoms with Gasteiger partial charge in [0.2, 0.25) is 0 Å². The quantitative estimate of drug-likeness (QED) is 0.878. The summed E-state index contributed by atoms with van der Waals surface area (Å²) in [6, 6.07) is 8.52. The minimum absolute atomic E-state index is 0.202. The Bertz CT molecular complexity index is 499. The van der Waals surface area contributed by atoms with E-state index in [-0.39, 0.29) is 6.04 Å². The van der Waals surface area contributed by atoms with Crippen molar-refractivity contribution in [3.8, 4) is 0 Å². The first-order chi connectivity index (χ1) is 8.08. The van der Waals surface area contributed by atoms with Crippen LogP contribution >= 0.6 is 0 Å². The highest BCUT2D eigenvalue weighted by Crippen LogP contribution is 2.19. The number of aromatic nitrogens is 2. The molecule has 0 fully saturated rings. The molecule has 2 N–H and O–H groups in total. The predicted molar refractivity (Wildman–Crippen MR) is 71.8 cm³/mol. The Hall–Kier alpha value is -1.35. The van der Waals surface area contributed by atoms with Gasteiger partial charge in [-0.2, -0.15) is 5.10 Å². The number of hydrogen-bond donors (Lipinski definition) is 1. The Balaban J connectivity index is 2.24. The van der Waals surface area contributed by atoms with Gasteiger partial charge in [0, 0.05) is 24.9 Å². The van der Waals surface area contributed by atoms with Crippen LogP contribution in [0.3, 0.4) is 0 Å². The van der Waals surface area contributed by atoms with Gasteiger partial charge in [-0.15, -0.1) is 0 Å². The molecule has 0 radical (unpaired) electrons. The monoisotopic (exact) mass is 231 g/mol. The number of nitrogens with zero attached hydrogens (tertiary/aromatic N) is 2. The Kier molecular flexibility index (Phi) is 3.48. The first-order valence-corrected chi connectivity index (χ1v) is 6.24. The highest BCUT2D eigenvalue weighted by molar-refractivity contribution is 5.81. The lowest BCUT2D eigenvalue weighted by molar-refractivity contribution is 0.489. The van der Waals surface area contributed by atoms with E-state index in [1.54, 1.807) is 0 Å². The minimum atomic E-state index is 0.202. The van der Waals surface area contributed by atoms with Crippen molar-refractivity contribution in [2.45, 2.75) is 32.7 Å². The van der Waals surface area contributed by atoms with Crippen LogP contribution < -0.4 is 5.73 Å². The summed E-state index contributed by atoms with van der Waals surface area (Å²) < 4.78 is 1.94. The number of hydrogen-bond acceptors (Lipinski definition) is 2. The molecule has 0 saturated carbocycles. The summed E-state index contributed by atoms with van der Waals surface area (Å²) in [7, 11) is 1.99. The fourth-order valence-corrected chi connectivity index (χ4v) is 2.38. The largest absolute Gasteiger partial charge is 0.327 e. The van der Waals surface area contributed by atoms with Crippen LogP contribution in [0.4, 0.5) is 0 Å². The van der Waals surface area contributed by atoms with Crippen molar-refractivity contribution in [3.05, 3.63) is 30.0 Å². The molecule has 0 aliphatic carbocycles. The molecule has 0 bridgehead atoms. The van der Waals surface area contributed by atoms with Crippen LogP contribution in [0.25, 0.3) is 10.9 Å². The number of para-hydroxylation sites is 1. The maximum atomic E-state index is 6.16. The van der Waals surface area contributed by atoms with Crippen molar-refractivity contribution in [1.82, 2.24) is 9.78 Å². The molecular formula is C14H21N3. The van der Waals surface area contributed by atoms with Crippen molar-refractivity contribution in [1.29, 1.82) is 0 Å². The Morgan fingerprint density at radius 3 is 2.71 bits per heavy atom. The van der Waals surface area contributed by atoms with Crippen molar-refractivity contribution < 1.29 is 0 Å². The van der Waals surface area contributed by atoms with E-state index in [9.17, 15) is 0 Å². The number of fused-ring (bicyclic) bond motifs is 1. The second-order valence-electron chi connectivity index (χ2n) is 5.18. The van der Waals surface area contributed by atoms with Crippen LogP contribution in [0.15, 0.2) is 24.3 Å². The molecule has 0 aliphatic rings. The summed E-state index contributed by atoms with van der Waals surface area (Å²) in [6.07, 6.45) is 1.91. The molecular weight excluding hydrogens is 210 g/mol. The van der Waals surface area contributed by atoms with Crippen LogP contribution in [0.2, 0.25) is 0 Å². The van der Waals surface area contributed by atoms with Crippen LogP contribution in [0.1, 0.15) is 26.0 Å². The maximum absolute atomic E-state index is 6.16. The van der Waals surface area contributed by atoms with Gasteiger partial charge >= 0.3 is 0 Å². The SMILES string of the molecule is CC(C)CC(N)Cc1nn(C)c2ccccc12. The fraction of sp³-hybridized carbons (Fsp3) is 0.500. The van der Waals surface area contributed by atoms with E-state index in [1.807, 2.05) is 17.8 Å². The minimum Gasteiger partial charge on any atom is -0.327 e. The van der Waals surface area contributed by atoms with Gasteiger partial charge in [-0.1, -0.05) is 32.0 Å². The normalized spacial score (nSPS) is 13.5. The summed E-state index contributed by atoms with van der Waals surface area (Å²) in [5, 5.41) is 5.80. The molecule has 1 atom stereocenters. The molecule has 0 aliphatic heterocycles. The van der Waals surface area contributed by atoms with Crippen molar-refractivity contribution >= 4 is 10.9 Å². The summed E-state index contributed by atoms with van der Waals surface area (Å²) in [5.74, 6) is 0.639. The van der Waals surface area contributed by atoms with Gasteiger partial charge < -0.3 is 5.73 Å². The number of aryl methyl sites for hydroxylation is 1. The predicted octanol–water partition coefficient (Wildman–Crippen LogP) is 2.49. The van der Waals surface area contributed by atoms with Gasteiger partial charge in [-0.25, -0.2) is 0 Å². The standard InChI is InChI=1S/C14H21N3/c1-10(2)8-11(15)9-13-12-6-4-5-7-14(12)17(3)16-13/h4-7,10-11H,8-9,15H2,1-3H3. The summed E-state index contributed by atoms with van der Waals surface area (Å²) in [6.45, 7) is 4.41. The molecule has 1 heterocycles. The first kappa shape index (κ1) is 12.1. The van der Waals surface area contributed by atoms with Crippen molar-refractivity contribution in [3.63, 3.8) is 0 Å². The average Bonchev–Trinajstić information content (AvgIpc) is 2.55. The van der Waals surface area contributed by atoms with Crippen LogP contribution in [-0.2, 0) is 13.5 Å². The van der Waals surface area contributed by atoms with E-state index in [0.717, 1.165) is 18.5 Å². The van der Waals surface area contributed by atoms with Gasteiger partial charge in [0.15, 0.2) is 0 Å². The smallest absolute Gasteiger partial charge is 0.0718 e. The molecule has 1 unspecified atom stereocenters. The van der Waals surface area contributed by atoms with Crippen molar-refractivity contribution in [2.75, 3.05) is 0 Å². The van der Waals surface area contributed by atoms with Crippen LogP contribution in [-0.4, -0.2) is 15.8 Å². The number of benzene rings is 1. The maximum Gasteiger partial charge on any atom is 0.0718 e. The zero-order valence-corrected chi connectivity index (χ0v) is 10.9. The lowest BCUT2D eigenvalue weighted by Gasteiger charge is -2.12. The zero-order valence-electron chi connectivity index (χ0n) is 10.9. The van der Waals surface area contributed by atoms with Gasteiger partial charge in [-0.05, 0) is 18.4 Å². The highest BCUT2D eigenvalue weighted by Gasteiger charge is 2.12. The second-order valence-corrected chi connectivity index (χ2v) is 5.18. The van der Waals surface area contributed by atoms with E-state index in [4.69, 9.17) is 5.73 Å². The molecule has 0 spiro atoms. The van der Waals surface area contributed by atoms with Crippen LogP contribution in [0.5, 0.6) is 0 Å². The van der Waals surface area contributed by atoms with E-state index < -0.39 is 0 Å². The zero-order chi connectivity index (χ0) is 12.4. The van der Waals surface area contributed by atoms with Gasteiger partial charge in [0.1, 0.15) is 0 Å². The van der Waals surface area contributed by atoms with E-state index >= 15 is 0 Å². The summed E-state index contributed by atoms with van der Waals surface area (Å²) >= 11 is 0. The molecule has 1 aromatic carbocycles. The Morgan fingerprint density at radius 1 is 1.29 bits per heavy atom. The lowest BCUT2D eigenvalue weighted by atomic mass is 9.99. The Labute approximate surface area is 103 Å². The molecule has 1 aromatic heterocycles. The van der Waals surface area contributed by atoms with Gasteiger partial charge in [0.05, 0.1) is 11.2 Å². The number of nitrogens with two attached hydrogens (primary N) is 1. The number of rotatable bonds is 4. The third-order valence-electron chi connectivity index (χ3n) is 3.06. The summed E-state index contributed by atoms with van der Waals surface area (Å²) in [5.41, 5.74) is 8.46. The van der Waals surface area contributed by atoms with E-state index in [1.165, 1.54) is 10.9 Å². The average molecular weight is 231 g/mol. The van der Waals surface area contributed by atoms with Gasteiger partial charge in [-0.3, -0.25) is 4.68 Å². The van der Waals surface area contributed by atoms with E-state index in [2.05, 4.69) is 37.1 Å². The third-order valence-corrected chi connectivity index (χ3v) is 3.06. The molecule has 17 heavy (non-hydrogen) atoms. The topological polar surface area (TPSA) is 43.8 Å². The molecule has 92 valence electrons. The Morgan fingerprint density at radius 2 is 2.00 bits per heavy atom. The van der Waals surface area contributed by atoms with E-state index in [0.29, 0.717) is 5.92 Å². The van der Waals surface area contributed by atoms with Crippen LogP contribution in [0, 0.1) is 5.92 Å². The molecule has 0 amide bonds. The lowest BCUT2D eigenvalue weighted by Crippen LogP contribution is -2.25. The molecule has 3 nitrogen and oxygen atoms in total. The summed E-state index contributed by atoms with van der Waals surface area (Å²) in [4.78, 5) is 0. The second kappa shape index (κ2) is 4.88. The highest BCUT2D eigenvalue weighted by atomic mass is 15.3. The third kappa shape index (κ3) is 2.67. The molecule has 0 saturated heterocycles. The molecule has 2 rings (SSSR count). The molecule has 2 aromatic rings. The van der Waals surface area contributed by atoms with Crippen molar-refractivity contribution in [2.24, 2.45) is 18.7 Å². The first-order valence-electron chi connectivity index (χ1n) is 6.24. The van der Waals surface area contributed by atoms with Gasteiger partial charge in [0.25, 0.3) is 0 Å².